The summed E-state index contributed by atoms with van der Waals surface area (Å²) in [7, 11) is 0. The van der Waals surface area contributed by atoms with E-state index in [4.69, 9.17) is 0 Å². The van der Waals surface area contributed by atoms with Crippen molar-refractivity contribution in [3.63, 3.8) is 0 Å². The second kappa shape index (κ2) is 6.47. The van der Waals surface area contributed by atoms with E-state index in [-0.39, 0.29) is 17.8 Å². The van der Waals surface area contributed by atoms with Crippen LogP contribution in [0.25, 0.3) is 10.9 Å². The molecular formula is C19H17FN4O. The first-order valence-corrected chi connectivity index (χ1v) is 8.25. The molecule has 1 fully saturated rings. The molecule has 1 amide bonds. The highest BCUT2D eigenvalue weighted by atomic mass is 19.1. The smallest absolute Gasteiger partial charge is 0.247 e. The van der Waals surface area contributed by atoms with Crippen LogP contribution in [-0.4, -0.2) is 28.5 Å². The monoisotopic (exact) mass is 336 g/mol. The highest BCUT2D eigenvalue weighted by molar-refractivity contribution is 5.99. The van der Waals surface area contributed by atoms with Gasteiger partial charge in [0.25, 0.3) is 0 Å². The Balaban J connectivity index is 1.61. The van der Waals surface area contributed by atoms with E-state index in [9.17, 15) is 9.18 Å². The molecule has 0 spiro atoms. The number of para-hydroxylation sites is 1. The maximum Gasteiger partial charge on any atom is 0.247 e. The van der Waals surface area contributed by atoms with Crippen LogP contribution in [-0.2, 0) is 4.79 Å². The zero-order valence-corrected chi connectivity index (χ0v) is 13.5. The number of rotatable bonds is 3. The van der Waals surface area contributed by atoms with Gasteiger partial charge in [0.05, 0.1) is 5.52 Å². The number of aromatic nitrogens is 2. The minimum Gasteiger partial charge on any atom is -0.344 e. The molecule has 1 N–H and O–H groups in total. The van der Waals surface area contributed by atoms with Gasteiger partial charge in [0.15, 0.2) is 0 Å². The lowest BCUT2D eigenvalue weighted by Crippen LogP contribution is -2.40. The van der Waals surface area contributed by atoms with Gasteiger partial charge in [-0.2, -0.15) is 0 Å². The van der Waals surface area contributed by atoms with Crippen molar-refractivity contribution in [2.24, 2.45) is 0 Å². The normalized spacial score (nSPS) is 17.0. The summed E-state index contributed by atoms with van der Waals surface area (Å²) in [6.45, 7) is 0.766. The number of fused-ring (bicyclic) bond motifs is 1. The summed E-state index contributed by atoms with van der Waals surface area (Å²) in [6.07, 6.45) is 3.20. The van der Waals surface area contributed by atoms with Gasteiger partial charge in [-0.1, -0.05) is 12.1 Å². The van der Waals surface area contributed by atoms with Crippen molar-refractivity contribution < 1.29 is 9.18 Å². The Morgan fingerprint density at radius 2 is 1.92 bits per heavy atom. The van der Waals surface area contributed by atoms with Gasteiger partial charge in [0.1, 0.15) is 24.0 Å². The zero-order chi connectivity index (χ0) is 17.2. The molecule has 4 rings (SSSR count). The van der Waals surface area contributed by atoms with Gasteiger partial charge < -0.3 is 10.2 Å². The number of nitrogens with zero attached hydrogens (tertiary/aromatic N) is 3. The van der Waals surface area contributed by atoms with Crippen molar-refractivity contribution in [1.82, 2.24) is 9.97 Å². The molecule has 1 aliphatic heterocycles. The fraction of sp³-hybridized carbons (Fsp3) is 0.211. The maximum absolute atomic E-state index is 13.0. The molecule has 2 heterocycles. The lowest BCUT2D eigenvalue weighted by molar-refractivity contribution is -0.117. The van der Waals surface area contributed by atoms with Gasteiger partial charge in [-0.15, -0.1) is 0 Å². The van der Waals surface area contributed by atoms with Crippen LogP contribution >= 0.6 is 0 Å². The van der Waals surface area contributed by atoms with Crippen LogP contribution in [0.3, 0.4) is 0 Å². The summed E-state index contributed by atoms with van der Waals surface area (Å²) in [6, 6.07) is 13.3. The van der Waals surface area contributed by atoms with Gasteiger partial charge in [-0.25, -0.2) is 14.4 Å². The van der Waals surface area contributed by atoms with Crippen LogP contribution in [0.2, 0.25) is 0 Å². The summed E-state index contributed by atoms with van der Waals surface area (Å²) in [5.74, 6) is 0.349. The predicted octanol–water partition coefficient (Wildman–Crippen LogP) is 3.38. The lowest BCUT2D eigenvalue weighted by atomic mass is 10.1. The maximum atomic E-state index is 13.0. The van der Waals surface area contributed by atoms with Crippen molar-refractivity contribution in [1.29, 1.82) is 0 Å². The van der Waals surface area contributed by atoms with Crippen LogP contribution < -0.4 is 10.2 Å². The van der Waals surface area contributed by atoms with Crippen molar-refractivity contribution in [3.8, 4) is 0 Å². The Labute approximate surface area is 144 Å². The number of carbonyl (C=O) groups excluding carboxylic acids is 1. The Kier molecular flexibility index (Phi) is 4.01. The highest BCUT2D eigenvalue weighted by Gasteiger charge is 2.32. The van der Waals surface area contributed by atoms with Gasteiger partial charge in [0.2, 0.25) is 5.91 Å². The van der Waals surface area contributed by atoms with E-state index >= 15 is 0 Å². The summed E-state index contributed by atoms with van der Waals surface area (Å²) in [4.78, 5) is 23.5. The highest BCUT2D eigenvalue weighted by Crippen LogP contribution is 2.30. The van der Waals surface area contributed by atoms with Gasteiger partial charge >= 0.3 is 0 Å². The standard InChI is InChI=1S/C19H17FN4O/c20-13-7-9-14(10-8-13)23-19(25)17-6-3-11-24(17)18-15-4-1-2-5-16(15)21-12-22-18/h1-2,4-5,7-10,12,17H,3,6,11H2,(H,23,25)/t17-/m0/s1. The quantitative estimate of drug-likeness (QED) is 0.797. The fourth-order valence-corrected chi connectivity index (χ4v) is 3.27. The number of carbonyl (C=O) groups is 1. The number of nitrogens with one attached hydrogen (secondary N) is 1. The molecule has 2 aromatic carbocycles. The van der Waals surface area contributed by atoms with E-state index in [1.807, 2.05) is 29.2 Å². The molecule has 1 saturated heterocycles. The molecule has 0 unspecified atom stereocenters. The predicted molar refractivity (Wildman–Crippen MR) is 94.9 cm³/mol. The van der Waals surface area contributed by atoms with E-state index in [0.717, 1.165) is 36.1 Å². The summed E-state index contributed by atoms with van der Waals surface area (Å²) in [5, 5.41) is 3.80. The second-order valence-corrected chi connectivity index (χ2v) is 6.06. The number of amides is 1. The van der Waals surface area contributed by atoms with Gasteiger partial charge in [0, 0.05) is 17.6 Å². The minimum absolute atomic E-state index is 0.105. The molecular weight excluding hydrogens is 319 g/mol. The molecule has 0 saturated carbocycles. The van der Waals surface area contributed by atoms with E-state index < -0.39 is 0 Å². The van der Waals surface area contributed by atoms with Crippen molar-refractivity contribution in [2.45, 2.75) is 18.9 Å². The molecule has 25 heavy (non-hydrogen) atoms. The summed E-state index contributed by atoms with van der Waals surface area (Å²) >= 11 is 0. The van der Waals surface area contributed by atoms with Crippen molar-refractivity contribution in [3.05, 3.63) is 60.7 Å². The Hall–Kier alpha value is -3.02. The van der Waals surface area contributed by atoms with E-state index in [1.54, 1.807) is 12.1 Å². The van der Waals surface area contributed by atoms with Crippen LogP contribution in [0.5, 0.6) is 0 Å². The first-order chi connectivity index (χ1) is 12.2. The molecule has 0 aliphatic carbocycles. The number of halogens is 1. The average molecular weight is 336 g/mol. The van der Waals surface area contributed by atoms with E-state index in [2.05, 4.69) is 15.3 Å². The SMILES string of the molecule is O=C(Nc1ccc(F)cc1)[C@@H]1CCCN1c1ncnc2ccccc12. The third-order valence-corrected chi connectivity index (χ3v) is 4.46. The second-order valence-electron chi connectivity index (χ2n) is 6.06. The van der Waals surface area contributed by atoms with Gasteiger partial charge in [-0.05, 0) is 49.2 Å². The molecule has 1 atom stereocenters. The summed E-state index contributed by atoms with van der Waals surface area (Å²) in [5.41, 5.74) is 1.45. The zero-order valence-electron chi connectivity index (χ0n) is 13.5. The minimum atomic E-state index is -0.326. The Morgan fingerprint density at radius 3 is 2.76 bits per heavy atom. The van der Waals surface area contributed by atoms with Crippen LogP contribution in [0.4, 0.5) is 15.9 Å². The number of hydrogen-bond acceptors (Lipinski definition) is 4. The molecule has 0 radical (unpaired) electrons. The van der Waals surface area contributed by atoms with E-state index in [0.29, 0.717) is 5.69 Å². The average Bonchev–Trinajstić information content (AvgIpc) is 3.13. The van der Waals surface area contributed by atoms with Crippen LogP contribution in [0, 0.1) is 5.82 Å². The Morgan fingerprint density at radius 1 is 1.12 bits per heavy atom. The van der Waals surface area contributed by atoms with Crippen molar-refractivity contribution in [2.75, 3.05) is 16.8 Å². The lowest BCUT2D eigenvalue weighted by Gasteiger charge is -2.25. The summed E-state index contributed by atoms with van der Waals surface area (Å²) < 4.78 is 13.0. The topological polar surface area (TPSA) is 58.1 Å². The molecule has 1 aliphatic rings. The van der Waals surface area contributed by atoms with Crippen molar-refractivity contribution >= 4 is 28.3 Å². The first kappa shape index (κ1) is 15.5. The molecule has 5 nitrogen and oxygen atoms in total. The molecule has 1 aromatic heterocycles. The number of hydrogen-bond donors (Lipinski definition) is 1. The molecule has 6 heteroatoms. The molecule has 3 aromatic rings. The van der Waals surface area contributed by atoms with Gasteiger partial charge in [-0.3, -0.25) is 4.79 Å². The third kappa shape index (κ3) is 3.03. The third-order valence-electron chi connectivity index (χ3n) is 4.46. The number of anilines is 2. The largest absolute Gasteiger partial charge is 0.344 e. The molecule has 0 bridgehead atoms. The van der Waals surface area contributed by atoms with E-state index in [1.165, 1.54) is 18.5 Å². The Bertz CT molecular complexity index is 907. The van der Waals surface area contributed by atoms with Crippen LogP contribution in [0.1, 0.15) is 12.8 Å². The van der Waals surface area contributed by atoms with Crippen LogP contribution in [0.15, 0.2) is 54.9 Å². The number of benzene rings is 2. The fourth-order valence-electron chi connectivity index (χ4n) is 3.27. The first-order valence-electron chi connectivity index (χ1n) is 8.25. The molecule has 126 valence electrons.